The molecule has 6 nitrogen and oxygen atoms in total. The first-order chi connectivity index (χ1) is 13.7. The van der Waals surface area contributed by atoms with Crippen molar-refractivity contribution in [2.75, 3.05) is 19.7 Å². The molecule has 28 heavy (non-hydrogen) atoms. The van der Waals surface area contributed by atoms with Gasteiger partial charge in [-0.05, 0) is 37.0 Å². The number of carbonyl (C=O) groups excluding carboxylic acids is 2. The van der Waals surface area contributed by atoms with Gasteiger partial charge in [0.25, 0.3) is 0 Å². The van der Waals surface area contributed by atoms with E-state index in [2.05, 4.69) is 10.3 Å². The van der Waals surface area contributed by atoms with Crippen molar-refractivity contribution in [2.45, 2.75) is 31.7 Å². The van der Waals surface area contributed by atoms with Crippen LogP contribution in [0.25, 0.3) is 0 Å². The van der Waals surface area contributed by atoms with Crippen molar-refractivity contribution in [3.05, 3.63) is 66.0 Å². The summed E-state index contributed by atoms with van der Waals surface area (Å²) in [7, 11) is 0. The average molecular weight is 381 g/mol. The van der Waals surface area contributed by atoms with Crippen molar-refractivity contribution in [2.24, 2.45) is 5.92 Å². The molecule has 3 rings (SSSR count). The molecule has 1 aromatic carbocycles. The van der Waals surface area contributed by atoms with Crippen molar-refractivity contribution >= 4 is 11.8 Å². The van der Waals surface area contributed by atoms with E-state index in [0.717, 1.165) is 24.1 Å². The lowest BCUT2D eigenvalue weighted by molar-refractivity contribution is -0.142. The van der Waals surface area contributed by atoms with Crippen LogP contribution in [0.5, 0.6) is 0 Å². The van der Waals surface area contributed by atoms with Crippen molar-refractivity contribution in [1.29, 1.82) is 0 Å². The largest absolute Gasteiger partial charge is 0.396 e. The predicted molar refractivity (Wildman–Crippen MR) is 106 cm³/mol. The van der Waals surface area contributed by atoms with E-state index in [1.807, 2.05) is 48.5 Å². The molecule has 6 heteroatoms. The quantitative estimate of drug-likeness (QED) is 0.734. The Hall–Kier alpha value is -2.73. The molecule has 0 saturated carbocycles. The summed E-state index contributed by atoms with van der Waals surface area (Å²) >= 11 is 0. The summed E-state index contributed by atoms with van der Waals surface area (Å²) in [5.41, 5.74) is 1.68. The molecule has 2 heterocycles. The zero-order chi connectivity index (χ0) is 19.8. The number of nitrogens with zero attached hydrogens (tertiary/aromatic N) is 2. The molecule has 2 amide bonds. The lowest BCUT2D eigenvalue weighted by Crippen LogP contribution is -2.46. The number of aliphatic hydroxyl groups excluding tert-OH is 1. The van der Waals surface area contributed by atoms with Gasteiger partial charge in [-0.2, -0.15) is 0 Å². The van der Waals surface area contributed by atoms with E-state index in [1.165, 1.54) is 0 Å². The van der Waals surface area contributed by atoms with Gasteiger partial charge < -0.3 is 15.3 Å². The summed E-state index contributed by atoms with van der Waals surface area (Å²) in [5, 5.41) is 12.7. The summed E-state index contributed by atoms with van der Waals surface area (Å²) in [4.78, 5) is 31.5. The lowest BCUT2D eigenvalue weighted by Gasteiger charge is -2.34. The molecular weight excluding hydrogens is 354 g/mol. The number of hydrogen-bond donors (Lipinski definition) is 2. The summed E-state index contributed by atoms with van der Waals surface area (Å²) in [5.74, 6) is -0.323. The first-order valence-electron chi connectivity index (χ1n) is 9.82. The molecule has 1 aromatic heterocycles. The molecule has 1 fully saturated rings. The Morgan fingerprint density at radius 2 is 1.93 bits per heavy atom. The van der Waals surface area contributed by atoms with Gasteiger partial charge in [0.05, 0.1) is 0 Å². The molecule has 2 N–H and O–H groups in total. The van der Waals surface area contributed by atoms with Gasteiger partial charge in [0.2, 0.25) is 11.8 Å². The Bertz CT molecular complexity index is 767. The molecule has 1 aliphatic rings. The van der Waals surface area contributed by atoms with Crippen LogP contribution < -0.4 is 5.32 Å². The lowest BCUT2D eigenvalue weighted by atomic mass is 9.99. The Morgan fingerprint density at radius 3 is 2.61 bits per heavy atom. The molecular formula is C22H27N3O3. The number of hydrogen-bond acceptors (Lipinski definition) is 4. The SMILES string of the molecule is O=C(NC[C@H](CO)Cc1ccccn1)[C@H](c1ccccc1)N1CCCCC1=O. The second-order valence-corrected chi connectivity index (χ2v) is 7.18. The van der Waals surface area contributed by atoms with Crippen molar-refractivity contribution in [3.63, 3.8) is 0 Å². The Balaban J connectivity index is 1.69. The minimum absolute atomic E-state index is 0.0162. The monoisotopic (exact) mass is 381 g/mol. The number of amides is 2. The van der Waals surface area contributed by atoms with Crippen LogP contribution in [0, 0.1) is 5.92 Å². The van der Waals surface area contributed by atoms with Gasteiger partial charge in [0.15, 0.2) is 0 Å². The third-order valence-corrected chi connectivity index (χ3v) is 5.08. The number of likely N-dealkylation sites (tertiary alicyclic amines) is 1. The van der Waals surface area contributed by atoms with E-state index in [-0.39, 0.29) is 24.3 Å². The molecule has 0 aliphatic carbocycles. The second-order valence-electron chi connectivity index (χ2n) is 7.18. The van der Waals surface area contributed by atoms with E-state index in [4.69, 9.17) is 0 Å². The van der Waals surface area contributed by atoms with Crippen molar-refractivity contribution in [1.82, 2.24) is 15.2 Å². The van der Waals surface area contributed by atoms with Gasteiger partial charge >= 0.3 is 0 Å². The fourth-order valence-corrected chi connectivity index (χ4v) is 3.57. The Morgan fingerprint density at radius 1 is 1.14 bits per heavy atom. The van der Waals surface area contributed by atoms with Crippen LogP contribution in [0.2, 0.25) is 0 Å². The number of nitrogens with one attached hydrogen (secondary N) is 1. The summed E-state index contributed by atoms with van der Waals surface area (Å²) < 4.78 is 0. The number of carbonyl (C=O) groups is 2. The highest BCUT2D eigenvalue weighted by Gasteiger charge is 2.32. The standard InChI is InChI=1S/C22H27N3O3/c26-16-17(14-19-10-4-6-12-23-19)15-24-22(28)21(18-8-2-1-3-9-18)25-13-7-5-11-20(25)27/h1-4,6,8-10,12,17,21,26H,5,7,11,13-16H2,(H,24,28)/t17-,21+/m1/s1. The van der Waals surface area contributed by atoms with Crippen molar-refractivity contribution < 1.29 is 14.7 Å². The fraction of sp³-hybridized carbons (Fsp3) is 0.409. The van der Waals surface area contributed by atoms with E-state index >= 15 is 0 Å². The third kappa shape index (κ3) is 5.16. The first-order valence-corrected chi connectivity index (χ1v) is 9.82. The highest BCUT2D eigenvalue weighted by molar-refractivity contribution is 5.89. The summed E-state index contributed by atoms with van der Waals surface area (Å²) in [6.45, 7) is 0.871. The van der Waals surface area contributed by atoms with E-state index in [9.17, 15) is 14.7 Å². The molecule has 2 aromatic rings. The normalized spacial score (nSPS) is 16.5. The van der Waals surface area contributed by atoms with Gasteiger partial charge in [-0.15, -0.1) is 0 Å². The zero-order valence-electron chi connectivity index (χ0n) is 16.0. The second kappa shape index (κ2) is 9.99. The summed E-state index contributed by atoms with van der Waals surface area (Å²) in [6, 6.07) is 14.4. The minimum Gasteiger partial charge on any atom is -0.396 e. The molecule has 2 atom stereocenters. The maximum atomic E-state index is 13.1. The maximum Gasteiger partial charge on any atom is 0.247 e. The fourth-order valence-electron chi connectivity index (χ4n) is 3.57. The third-order valence-electron chi connectivity index (χ3n) is 5.08. The van der Waals surface area contributed by atoms with E-state index < -0.39 is 6.04 Å². The zero-order valence-corrected chi connectivity index (χ0v) is 16.0. The minimum atomic E-state index is -0.636. The number of aromatic nitrogens is 1. The van der Waals surface area contributed by atoms with Crippen LogP contribution in [0.1, 0.15) is 36.6 Å². The van der Waals surface area contributed by atoms with Crippen LogP contribution in [0.15, 0.2) is 54.7 Å². The predicted octanol–water partition coefficient (Wildman–Crippen LogP) is 2.10. The molecule has 0 unspecified atom stereocenters. The highest BCUT2D eigenvalue weighted by atomic mass is 16.3. The van der Waals surface area contributed by atoms with Gasteiger partial charge in [-0.1, -0.05) is 36.4 Å². The maximum absolute atomic E-state index is 13.1. The molecule has 0 spiro atoms. The molecule has 1 saturated heterocycles. The number of piperidine rings is 1. The van der Waals surface area contributed by atoms with Gasteiger partial charge in [-0.3, -0.25) is 14.6 Å². The van der Waals surface area contributed by atoms with Crippen LogP contribution >= 0.6 is 0 Å². The van der Waals surface area contributed by atoms with E-state index in [1.54, 1.807) is 11.1 Å². The number of aliphatic hydroxyl groups is 1. The number of pyridine rings is 1. The Kier molecular flexibility index (Phi) is 7.14. The van der Waals surface area contributed by atoms with Crippen LogP contribution in [-0.4, -0.2) is 46.5 Å². The first kappa shape index (κ1) is 20.0. The van der Waals surface area contributed by atoms with E-state index in [0.29, 0.717) is 25.9 Å². The van der Waals surface area contributed by atoms with Crippen LogP contribution in [-0.2, 0) is 16.0 Å². The molecule has 0 bridgehead atoms. The highest BCUT2D eigenvalue weighted by Crippen LogP contribution is 2.25. The van der Waals surface area contributed by atoms with Gasteiger partial charge in [0, 0.05) is 43.9 Å². The van der Waals surface area contributed by atoms with Crippen LogP contribution in [0.4, 0.5) is 0 Å². The number of rotatable bonds is 8. The average Bonchev–Trinajstić information content (AvgIpc) is 2.74. The topological polar surface area (TPSA) is 82.5 Å². The smallest absolute Gasteiger partial charge is 0.247 e. The van der Waals surface area contributed by atoms with Crippen LogP contribution in [0.3, 0.4) is 0 Å². The van der Waals surface area contributed by atoms with Gasteiger partial charge in [-0.25, -0.2) is 0 Å². The summed E-state index contributed by atoms with van der Waals surface area (Å²) in [6.07, 6.45) is 4.55. The molecule has 1 aliphatic heterocycles. The Labute approximate surface area is 165 Å². The number of benzene rings is 1. The molecule has 0 radical (unpaired) electrons. The molecule has 148 valence electrons. The van der Waals surface area contributed by atoms with Gasteiger partial charge in [0.1, 0.15) is 6.04 Å². The van der Waals surface area contributed by atoms with Crippen molar-refractivity contribution in [3.8, 4) is 0 Å².